The summed E-state index contributed by atoms with van der Waals surface area (Å²) in [7, 11) is 2.06. The molecule has 106 valence electrons. The van der Waals surface area contributed by atoms with Gasteiger partial charge in [0, 0.05) is 19.6 Å². The first-order chi connectivity index (χ1) is 9.08. The van der Waals surface area contributed by atoms with Crippen molar-refractivity contribution in [2.45, 2.75) is 46.6 Å². The van der Waals surface area contributed by atoms with E-state index >= 15 is 0 Å². The van der Waals surface area contributed by atoms with Gasteiger partial charge in [-0.15, -0.1) is 0 Å². The summed E-state index contributed by atoms with van der Waals surface area (Å²) in [5.41, 5.74) is 6.24. The zero-order valence-corrected chi connectivity index (χ0v) is 12.9. The molecule has 1 aliphatic rings. The molecule has 1 aliphatic carbocycles. The van der Waals surface area contributed by atoms with Gasteiger partial charge in [-0.1, -0.05) is 18.6 Å². The van der Waals surface area contributed by atoms with Gasteiger partial charge in [0.2, 0.25) is 0 Å². The van der Waals surface area contributed by atoms with E-state index in [0.717, 1.165) is 19.6 Å². The molecule has 1 aromatic rings. The Morgan fingerprint density at radius 3 is 2.37 bits per heavy atom. The van der Waals surface area contributed by atoms with Crippen LogP contribution in [0.4, 0.5) is 0 Å². The molecule has 0 spiro atoms. The van der Waals surface area contributed by atoms with Crippen LogP contribution in [0, 0.1) is 26.2 Å². The molecule has 0 aromatic heterocycles. The number of aryl methyl sites for hydroxylation is 1. The van der Waals surface area contributed by atoms with Crippen molar-refractivity contribution in [2.24, 2.45) is 5.41 Å². The van der Waals surface area contributed by atoms with Crippen LogP contribution in [-0.4, -0.2) is 20.1 Å². The molecule has 2 nitrogen and oxygen atoms in total. The summed E-state index contributed by atoms with van der Waals surface area (Å²) >= 11 is 0. The maximum Gasteiger partial charge on any atom is 0.0208 e. The number of nitrogens with one attached hydrogen (secondary N) is 2. The Kier molecular flexibility index (Phi) is 4.64. The SMILES string of the molecule is CNCC1(CNCc2ccc(C)c(C)c2C)CCC1. The van der Waals surface area contributed by atoms with Crippen molar-refractivity contribution < 1.29 is 0 Å². The average Bonchev–Trinajstić information content (AvgIpc) is 2.35. The van der Waals surface area contributed by atoms with Gasteiger partial charge in [0.05, 0.1) is 0 Å². The molecule has 0 atom stereocenters. The maximum absolute atomic E-state index is 3.68. The van der Waals surface area contributed by atoms with Crippen LogP contribution >= 0.6 is 0 Å². The third-order valence-electron chi connectivity index (χ3n) is 4.95. The van der Waals surface area contributed by atoms with E-state index in [1.807, 2.05) is 0 Å². The lowest BCUT2D eigenvalue weighted by Gasteiger charge is -2.42. The second kappa shape index (κ2) is 6.06. The predicted molar refractivity (Wildman–Crippen MR) is 82.6 cm³/mol. The van der Waals surface area contributed by atoms with E-state index in [0.29, 0.717) is 5.41 Å². The molecule has 2 rings (SSSR count). The smallest absolute Gasteiger partial charge is 0.0208 e. The zero-order chi connectivity index (χ0) is 13.9. The first-order valence-electron chi connectivity index (χ1n) is 7.49. The molecule has 1 aromatic carbocycles. The normalized spacial score (nSPS) is 17.3. The largest absolute Gasteiger partial charge is 0.319 e. The van der Waals surface area contributed by atoms with Gasteiger partial charge in [-0.25, -0.2) is 0 Å². The van der Waals surface area contributed by atoms with Gasteiger partial charge in [0.15, 0.2) is 0 Å². The van der Waals surface area contributed by atoms with Gasteiger partial charge >= 0.3 is 0 Å². The maximum atomic E-state index is 3.68. The highest BCUT2D eigenvalue weighted by molar-refractivity contribution is 5.38. The predicted octanol–water partition coefficient (Wildman–Crippen LogP) is 3.09. The van der Waals surface area contributed by atoms with E-state index in [-0.39, 0.29) is 0 Å². The summed E-state index contributed by atoms with van der Waals surface area (Å²) in [5, 5.41) is 7.02. The highest BCUT2D eigenvalue weighted by Gasteiger charge is 2.35. The number of rotatable bonds is 6. The Morgan fingerprint density at radius 2 is 1.79 bits per heavy atom. The third-order valence-corrected chi connectivity index (χ3v) is 4.95. The summed E-state index contributed by atoms with van der Waals surface area (Å²) in [5.74, 6) is 0. The zero-order valence-electron chi connectivity index (χ0n) is 12.9. The van der Waals surface area contributed by atoms with Crippen LogP contribution in [0.15, 0.2) is 12.1 Å². The first-order valence-corrected chi connectivity index (χ1v) is 7.49. The Morgan fingerprint density at radius 1 is 1.05 bits per heavy atom. The molecular weight excluding hydrogens is 232 g/mol. The van der Waals surface area contributed by atoms with Gasteiger partial charge in [0.25, 0.3) is 0 Å². The van der Waals surface area contributed by atoms with E-state index in [2.05, 4.69) is 50.6 Å². The summed E-state index contributed by atoms with van der Waals surface area (Å²) in [6.45, 7) is 9.94. The fraction of sp³-hybridized carbons (Fsp3) is 0.647. The molecule has 0 bridgehead atoms. The van der Waals surface area contributed by atoms with E-state index in [1.54, 1.807) is 0 Å². The van der Waals surface area contributed by atoms with Crippen molar-refractivity contribution in [3.05, 3.63) is 34.4 Å². The fourth-order valence-electron chi connectivity index (χ4n) is 3.13. The molecule has 0 radical (unpaired) electrons. The van der Waals surface area contributed by atoms with Crippen LogP contribution < -0.4 is 10.6 Å². The second-order valence-electron chi connectivity index (χ2n) is 6.28. The van der Waals surface area contributed by atoms with Gasteiger partial charge in [-0.05, 0) is 68.3 Å². The van der Waals surface area contributed by atoms with Crippen molar-refractivity contribution in [3.63, 3.8) is 0 Å². The quantitative estimate of drug-likeness (QED) is 0.821. The minimum Gasteiger partial charge on any atom is -0.319 e. The fourth-order valence-corrected chi connectivity index (χ4v) is 3.13. The number of benzene rings is 1. The summed E-state index contributed by atoms with van der Waals surface area (Å²) in [6, 6.07) is 4.52. The first kappa shape index (κ1) is 14.5. The number of hydrogen-bond donors (Lipinski definition) is 2. The van der Waals surface area contributed by atoms with Crippen molar-refractivity contribution in [3.8, 4) is 0 Å². The summed E-state index contributed by atoms with van der Waals surface area (Å²) in [6.07, 6.45) is 4.13. The van der Waals surface area contributed by atoms with Gasteiger partial charge in [0.1, 0.15) is 0 Å². The van der Waals surface area contributed by atoms with Crippen LogP contribution in [0.2, 0.25) is 0 Å². The summed E-state index contributed by atoms with van der Waals surface area (Å²) < 4.78 is 0. The Balaban J connectivity index is 1.91. The van der Waals surface area contributed by atoms with Gasteiger partial charge in [-0.3, -0.25) is 0 Å². The van der Waals surface area contributed by atoms with Crippen molar-refractivity contribution in [1.29, 1.82) is 0 Å². The van der Waals surface area contributed by atoms with E-state index in [4.69, 9.17) is 0 Å². The van der Waals surface area contributed by atoms with Crippen LogP contribution in [0.25, 0.3) is 0 Å². The second-order valence-corrected chi connectivity index (χ2v) is 6.28. The molecule has 0 aliphatic heterocycles. The van der Waals surface area contributed by atoms with Crippen LogP contribution in [0.5, 0.6) is 0 Å². The Bertz CT molecular complexity index is 433. The molecule has 1 saturated carbocycles. The van der Waals surface area contributed by atoms with Crippen LogP contribution in [0.1, 0.15) is 41.5 Å². The molecule has 0 unspecified atom stereocenters. The average molecular weight is 260 g/mol. The lowest BCUT2D eigenvalue weighted by atomic mass is 9.68. The van der Waals surface area contributed by atoms with Crippen molar-refractivity contribution in [1.82, 2.24) is 10.6 Å². The molecule has 0 amide bonds. The molecule has 0 heterocycles. The highest BCUT2D eigenvalue weighted by atomic mass is 14.9. The van der Waals surface area contributed by atoms with Gasteiger partial charge in [-0.2, -0.15) is 0 Å². The van der Waals surface area contributed by atoms with Gasteiger partial charge < -0.3 is 10.6 Å². The minimum atomic E-state index is 0.516. The highest BCUT2D eigenvalue weighted by Crippen LogP contribution is 2.39. The molecular formula is C17H28N2. The molecule has 0 saturated heterocycles. The van der Waals surface area contributed by atoms with Crippen molar-refractivity contribution in [2.75, 3.05) is 20.1 Å². The van der Waals surface area contributed by atoms with Crippen LogP contribution in [-0.2, 0) is 6.54 Å². The molecule has 19 heavy (non-hydrogen) atoms. The molecule has 2 N–H and O–H groups in total. The summed E-state index contributed by atoms with van der Waals surface area (Å²) in [4.78, 5) is 0. The van der Waals surface area contributed by atoms with E-state index in [1.165, 1.54) is 41.5 Å². The molecule has 1 fully saturated rings. The lowest BCUT2D eigenvalue weighted by molar-refractivity contribution is 0.130. The van der Waals surface area contributed by atoms with E-state index < -0.39 is 0 Å². The Labute approximate surface area is 118 Å². The lowest BCUT2D eigenvalue weighted by Crippen LogP contribution is -2.46. The Hall–Kier alpha value is -0.860. The third kappa shape index (κ3) is 3.18. The topological polar surface area (TPSA) is 24.1 Å². The minimum absolute atomic E-state index is 0.516. The van der Waals surface area contributed by atoms with Crippen LogP contribution in [0.3, 0.4) is 0 Å². The monoisotopic (exact) mass is 260 g/mol. The standard InChI is InChI=1S/C17H28N2/c1-13-6-7-16(15(3)14(13)2)10-19-12-17(11-18-4)8-5-9-17/h6-7,18-19H,5,8-12H2,1-4H3. The van der Waals surface area contributed by atoms with E-state index in [9.17, 15) is 0 Å². The number of hydrogen-bond acceptors (Lipinski definition) is 2. The van der Waals surface area contributed by atoms with Crippen molar-refractivity contribution >= 4 is 0 Å². The molecule has 2 heteroatoms.